The van der Waals surface area contributed by atoms with Gasteiger partial charge in [0.15, 0.2) is 0 Å². The van der Waals surface area contributed by atoms with Gasteiger partial charge in [-0.2, -0.15) is 0 Å². The van der Waals surface area contributed by atoms with Crippen molar-refractivity contribution < 1.29 is 4.79 Å². The van der Waals surface area contributed by atoms with Crippen molar-refractivity contribution in [2.75, 3.05) is 26.2 Å². The number of likely N-dealkylation sites (tertiary alicyclic amines) is 1. The Morgan fingerprint density at radius 3 is 2.45 bits per heavy atom. The Labute approximate surface area is 133 Å². The summed E-state index contributed by atoms with van der Waals surface area (Å²) in [5.41, 5.74) is 1.18. The van der Waals surface area contributed by atoms with E-state index in [1.807, 2.05) is 31.1 Å². The maximum absolute atomic E-state index is 12.1. The number of piperidine rings is 1. The van der Waals surface area contributed by atoms with Gasteiger partial charge in [0, 0.05) is 44.0 Å². The maximum Gasteiger partial charge on any atom is 0.222 e. The molecule has 1 aromatic heterocycles. The molecule has 0 aliphatic carbocycles. The Morgan fingerprint density at radius 2 is 1.86 bits per heavy atom. The van der Waals surface area contributed by atoms with E-state index in [0.717, 1.165) is 39.1 Å². The van der Waals surface area contributed by atoms with E-state index in [1.165, 1.54) is 18.4 Å². The normalized spacial score (nSPS) is 16.6. The maximum atomic E-state index is 12.1. The third-order valence-corrected chi connectivity index (χ3v) is 4.61. The van der Waals surface area contributed by atoms with Gasteiger partial charge in [0.2, 0.25) is 5.91 Å². The molecule has 122 valence electrons. The molecule has 0 bridgehead atoms. The van der Waals surface area contributed by atoms with E-state index < -0.39 is 0 Å². The van der Waals surface area contributed by atoms with E-state index in [9.17, 15) is 4.79 Å². The number of hydrogen-bond acceptors (Lipinski definition) is 4. The summed E-state index contributed by atoms with van der Waals surface area (Å²) in [6, 6.07) is 0. The predicted octanol–water partition coefficient (Wildman–Crippen LogP) is 2.34. The third-order valence-electron chi connectivity index (χ3n) is 4.61. The molecule has 0 N–H and O–H groups in total. The lowest BCUT2D eigenvalue weighted by atomic mass is 9.92. The van der Waals surface area contributed by atoms with Gasteiger partial charge in [-0.25, -0.2) is 9.97 Å². The molecule has 1 aliphatic heterocycles. The van der Waals surface area contributed by atoms with Gasteiger partial charge in [0.25, 0.3) is 0 Å². The number of aromatic nitrogens is 2. The first-order valence-electron chi connectivity index (χ1n) is 8.47. The molecule has 5 nitrogen and oxygen atoms in total. The molecular formula is C17H28N4O. The number of carbonyl (C=O) groups excluding carboxylic acids is 1. The van der Waals surface area contributed by atoms with Crippen molar-refractivity contribution in [1.82, 2.24) is 19.8 Å². The average Bonchev–Trinajstić information content (AvgIpc) is 2.56. The van der Waals surface area contributed by atoms with Crippen LogP contribution in [0, 0.1) is 5.92 Å². The SMILES string of the molecule is CCN(CC)C(=O)CCC1CCN(Cc2cncnc2)CC1. The van der Waals surface area contributed by atoms with Crippen molar-refractivity contribution in [1.29, 1.82) is 0 Å². The zero-order valence-corrected chi connectivity index (χ0v) is 13.9. The standard InChI is InChI=1S/C17H28N4O/c1-3-21(4-2)17(22)6-5-15-7-9-20(10-8-15)13-16-11-18-14-19-12-16/h11-12,14-15H,3-10,13H2,1-2H3. The Morgan fingerprint density at radius 1 is 1.23 bits per heavy atom. The van der Waals surface area contributed by atoms with Crippen LogP contribution in [0.3, 0.4) is 0 Å². The van der Waals surface area contributed by atoms with Crippen LogP contribution < -0.4 is 0 Å². The summed E-state index contributed by atoms with van der Waals surface area (Å²) in [7, 11) is 0. The Balaban J connectivity index is 1.68. The van der Waals surface area contributed by atoms with Crippen LogP contribution in [0.2, 0.25) is 0 Å². The van der Waals surface area contributed by atoms with Gasteiger partial charge in [0.1, 0.15) is 6.33 Å². The van der Waals surface area contributed by atoms with Crippen LogP contribution in [0.25, 0.3) is 0 Å². The van der Waals surface area contributed by atoms with Crippen LogP contribution in [-0.2, 0) is 11.3 Å². The fourth-order valence-corrected chi connectivity index (χ4v) is 3.17. The smallest absolute Gasteiger partial charge is 0.222 e. The van der Waals surface area contributed by atoms with Gasteiger partial charge < -0.3 is 4.90 Å². The molecule has 0 saturated carbocycles. The molecule has 0 spiro atoms. The van der Waals surface area contributed by atoms with Crippen LogP contribution in [0.1, 0.15) is 45.1 Å². The summed E-state index contributed by atoms with van der Waals surface area (Å²) in [6.07, 6.45) is 9.49. The molecule has 22 heavy (non-hydrogen) atoms. The lowest BCUT2D eigenvalue weighted by Gasteiger charge is -2.32. The van der Waals surface area contributed by atoms with Crippen LogP contribution in [-0.4, -0.2) is 51.9 Å². The molecule has 0 aromatic carbocycles. The lowest BCUT2D eigenvalue weighted by molar-refractivity contribution is -0.131. The quantitative estimate of drug-likeness (QED) is 0.776. The second-order valence-electron chi connectivity index (χ2n) is 6.07. The first kappa shape index (κ1) is 16.9. The molecule has 1 amide bonds. The van der Waals surface area contributed by atoms with Crippen molar-refractivity contribution in [2.45, 2.75) is 46.1 Å². The molecule has 0 radical (unpaired) electrons. The van der Waals surface area contributed by atoms with E-state index in [4.69, 9.17) is 0 Å². The predicted molar refractivity (Wildman–Crippen MR) is 87.2 cm³/mol. The first-order valence-corrected chi connectivity index (χ1v) is 8.47. The van der Waals surface area contributed by atoms with Gasteiger partial charge in [0.05, 0.1) is 0 Å². The molecule has 2 rings (SSSR count). The largest absolute Gasteiger partial charge is 0.343 e. The highest BCUT2D eigenvalue weighted by Crippen LogP contribution is 2.23. The average molecular weight is 304 g/mol. The van der Waals surface area contributed by atoms with Crippen LogP contribution in [0.4, 0.5) is 0 Å². The zero-order valence-electron chi connectivity index (χ0n) is 13.9. The van der Waals surface area contributed by atoms with E-state index in [2.05, 4.69) is 14.9 Å². The van der Waals surface area contributed by atoms with Crippen molar-refractivity contribution in [3.05, 3.63) is 24.3 Å². The minimum Gasteiger partial charge on any atom is -0.343 e. The van der Waals surface area contributed by atoms with Crippen LogP contribution in [0.15, 0.2) is 18.7 Å². The highest BCUT2D eigenvalue weighted by molar-refractivity contribution is 5.76. The number of rotatable bonds is 7. The van der Waals surface area contributed by atoms with E-state index in [0.29, 0.717) is 18.2 Å². The van der Waals surface area contributed by atoms with Gasteiger partial charge in [-0.05, 0) is 52.1 Å². The second kappa shape index (κ2) is 8.83. The summed E-state index contributed by atoms with van der Waals surface area (Å²) in [5, 5.41) is 0. The van der Waals surface area contributed by atoms with Crippen LogP contribution >= 0.6 is 0 Å². The van der Waals surface area contributed by atoms with Crippen molar-refractivity contribution in [2.24, 2.45) is 5.92 Å². The minimum atomic E-state index is 0.314. The molecule has 2 heterocycles. The van der Waals surface area contributed by atoms with Gasteiger partial charge in [-0.1, -0.05) is 0 Å². The van der Waals surface area contributed by atoms with Gasteiger partial charge >= 0.3 is 0 Å². The third kappa shape index (κ3) is 5.05. The van der Waals surface area contributed by atoms with Crippen molar-refractivity contribution in [3.8, 4) is 0 Å². The molecule has 1 fully saturated rings. The summed E-state index contributed by atoms with van der Waals surface area (Å²) in [6.45, 7) is 8.91. The summed E-state index contributed by atoms with van der Waals surface area (Å²) >= 11 is 0. The Hall–Kier alpha value is -1.49. The lowest BCUT2D eigenvalue weighted by Crippen LogP contribution is -2.34. The minimum absolute atomic E-state index is 0.314. The second-order valence-corrected chi connectivity index (χ2v) is 6.07. The first-order chi connectivity index (χ1) is 10.7. The Kier molecular flexibility index (Phi) is 6.77. The number of nitrogens with zero attached hydrogens (tertiary/aromatic N) is 4. The van der Waals surface area contributed by atoms with Gasteiger partial charge in [-0.3, -0.25) is 9.69 Å². The molecule has 5 heteroatoms. The van der Waals surface area contributed by atoms with E-state index in [-0.39, 0.29) is 0 Å². The Bertz CT molecular complexity index is 439. The number of carbonyl (C=O) groups is 1. The molecule has 1 saturated heterocycles. The fraction of sp³-hybridized carbons (Fsp3) is 0.706. The topological polar surface area (TPSA) is 49.3 Å². The monoisotopic (exact) mass is 304 g/mol. The fourth-order valence-electron chi connectivity index (χ4n) is 3.17. The van der Waals surface area contributed by atoms with Gasteiger partial charge in [-0.15, -0.1) is 0 Å². The van der Waals surface area contributed by atoms with Crippen molar-refractivity contribution in [3.63, 3.8) is 0 Å². The summed E-state index contributed by atoms with van der Waals surface area (Å²) < 4.78 is 0. The number of hydrogen-bond donors (Lipinski definition) is 0. The number of amides is 1. The molecular weight excluding hydrogens is 276 g/mol. The molecule has 0 unspecified atom stereocenters. The van der Waals surface area contributed by atoms with E-state index in [1.54, 1.807) is 6.33 Å². The summed E-state index contributed by atoms with van der Waals surface area (Å²) in [5.74, 6) is 1.01. The summed E-state index contributed by atoms with van der Waals surface area (Å²) in [4.78, 5) is 24.6. The zero-order chi connectivity index (χ0) is 15.8. The molecule has 1 aliphatic rings. The molecule has 0 atom stereocenters. The highest BCUT2D eigenvalue weighted by atomic mass is 16.2. The highest BCUT2D eigenvalue weighted by Gasteiger charge is 2.21. The molecule has 1 aromatic rings. The van der Waals surface area contributed by atoms with Crippen molar-refractivity contribution >= 4 is 5.91 Å². The van der Waals surface area contributed by atoms with E-state index >= 15 is 0 Å². The van der Waals surface area contributed by atoms with Crippen LogP contribution in [0.5, 0.6) is 0 Å².